The van der Waals surface area contributed by atoms with E-state index in [0.717, 1.165) is 41.5 Å². The molecule has 0 spiro atoms. The highest BCUT2D eigenvalue weighted by Crippen LogP contribution is 2.28. The lowest BCUT2D eigenvalue weighted by Gasteiger charge is -2.18. The SMILES string of the molecule is CCN(CC)CCOc1ccc(/C(=C/c2ccc(Cl)cc2)c2ccccc2)cc1.Cl. The van der Waals surface area contributed by atoms with Crippen molar-refractivity contribution in [3.8, 4) is 5.75 Å². The predicted octanol–water partition coefficient (Wildman–Crippen LogP) is 7.07. The van der Waals surface area contributed by atoms with E-state index in [1.807, 2.05) is 30.3 Å². The smallest absolute Gasteiger partial charge is 0.119 e. The van der Waals surface area contributed by atoms with Gasteiger partial charge in [-0.1, -0.05) is 80.0 Å². The fourth-order valence-electron chi connectivity index (χ4n) is 3.24. The van der Waals surface area contributed by atoms with Gasteiger partial charge in [0.05, 0.1) is 0 Å². The Hall–Kier alpha value is -2.26. The summed E-state index contributed by atoms with van der Waals surface area (Å²) in [5.41, 5.74) is 4.62. The van der Waals surface area contributed by atoms with Crippen LogP contribution in [0.5, 0.6) is 5.75 Å². The Balaban J connectivity index is 0.00000320. The summed E-state index contributed by atoms with van der Waals surface area (Å²) in [7, 11) is 0. The number of ether oxygens (including phenoxy) is 1. The van der Waals surface area contributed by atoms with Gasteiger partial charge in [-0.15, -0.1) is 12.4 Å². The molecule has 0 unspecified atom stereocenters. The van der Waals surface area contributed by atoms with E-state index in [-0.39, 0.29) is 12.4 Å². The van der Waals surface area contributed by atoms with Crippen molar-refractivity contribution in [1.29, 1.82) is 0 Å². The van der Waals surface area contributed by atoms with Crippen LogP contribution in [-0.2, 0) is 0 Å². The zero-order chi connectivity index (χ0) is 20.5. The maximum Gasteiger partial charge on any atom is 0.119 e. The highest BCUT2D eigenvalue weighted by Gasteiger charge is 2.07. The molecule has 0 aliphatic heterocycles. The lowest BCUT2D eigenvalue weighted by Crippen LogP contribution is -2.27. The van der Waals surface area contributed by atoms with Crippen molar-refractivity contribution in [2.75, 3.05) is 26.2 Å². The molecule has 0 amide bonds. The summed E-state index contributed by atoms with van der Waals surface area (Å²) in [4.78, 5) is 2.36. The van der Waals surface area contributed by atoms with Gasteiger partial charge >= 0.3 is 0 Å². The van der Waals surface area contributed by atoms with Crippen molar-refractivity contribution in [2.24, 2.45) is 0 Å². The van der Waals surface area contributed by atoms with E-state index < -0.39 is 0 Å². The van der Waals surface area contributed by atoms with Crippen molar-refractivity contribution in [3.05, 3.63) is 101 Å². The zero-order valence-electron chi connectivity index (χ0n) is 17.6. The van der Waals surface area contributed by atoms with Crippen LogP contribution >= 0.6 is 24.0 Å². The van der Waals surface area contributed by atoms with Gasteiger partial charge in [-0.2, -0.15) is 0 Å². The Bertz CT molecular complexity index is 902. The summed E-state index contributed by atoms with van der Waals surface area (Å²) < 4.78 is 5.94. The topological polar surface area (TPSA) is 12.5 Å². The maximum absolute atomic E-state index is 6.04. The number of benzene rings is 3. The zero-order valence-corrected chi connectivity index (χ0v) is 19.1. The van der Waals surface area contributed by atoms with Crippen molar-refractivity contribution in [1.82, 2.24) is 4.90 Å². The van der Waals surface area contributed by atoms with Gasteiger partial charge in [-0.3, -0.25) is 0 Å². The molecule has 2 nitrogen and oxygen atoms in total. The molecule has 0 saturated carbocycles. The Kier molecular flexibility index (Phi) is 9.96. The molecular formula is C26H29Cl2NO. The van der Waals surface area contributed by atoms with E-state index in [2.05, 4.69) is 73.4 Å². The molecule has 0 atom stereocenters. The molecule has 30 heavy (non-hydrogen) atoms. The third-order valence-electron chi connectivity index (χ3n) is 5.00. The van der Waals surface area contributed by atoms with Crippen LogP contribution in [0.4, 0.5) is 0 Å². The molecular weight excluding hydrogens is 413 g/mol. The van der Waals surface area contributed by atoms with Crippen LogP contribution in [0.2, 0.25) is 5.02 Å². The lowest BCUT2D eigenvalue weighted by atomic mass is 9.95. The van der Waals surface area contributed by atoms with E-state index in [0.29, 0.717) is 6.61 Å². The molecule has 0 radical (unpaired) electrons. The fourth-order valence-corrected chi connectivity index (χ4v) is 3.37. The Morgan fingerprint density at radius 3 is 2.03 bits per heavy atom. The van der Waals surface area contributed by atoms with Gasteiger partial charge in [-0.05, 0) is 65.7 Å². The van der Waals surface area contributed by atoms with Gasteiger partial charge in [0.2, 0.25) is 0 Å². The quantitative estimate of drug-likeness (QED) is 0.329. The number of hydrogen-bond donors (Lipinski definition) is 0. The van der Waals surface area contributed by atoms with Gasteiger partial charge in [0.1, 0.15) is 12.4 Å². The summed E-state index contributed by atoms with van der Waals surface area (Å²) >= 11 is 6.04. The first-order valence-corrected chi connectivity index (χ1v) is 10.6. The summed E-state index contributed by atoms with van der Waals surface area (Å²) in [5, 5.41) is 0.745. The van der Waals surface area contributed by atoms with E-state index in [1.165, 1.54) is 11.1 Å². The van der Waals surface area contributed by atoms with Crippen LogP contribution in [0.25, 0.3) is 11.6 Å². The average Bonchev–Trinajstić information content (AvgIpc) is 2.77. The molecule has 0 saturated heterocycles. The third-order valence-corrected chi connectivity index (χ3v) is 5.25. The molecule has 0 aliphatic carbocycles. The molecule has 0 fully saturated rings. The summed E-state index contributed by atoms with van der Waals surface area (Å²) in [5.74, 6) is 0.903. The first-order chi connectivity index (χ1) is 14.2. The Labute approximate surface area is 191 Å². The average molecular weight is 442 g/mol. The molecule has 0 N–H and O–H groups in total. The first kappa shape index (κ1) is 24.0. The highest BCUT2D eigenvalue weighted by atomic mass is 35.5. The molecule has 3 rings (SSSR count). The van der Waals surface area contributed by atoms with E-state index in [1.54, 1.807) is 0 Å². The van der Waals surface area contributed by atoms with Gasteiger partial charge in [0.25, 0.3) is 0 Å². The van der Waals surface area contributed by atoms with Crippen LogP contribution in [-0.4, -0.2) is 31.1 Å². The van der Waals surface area contributed by atoms with Gasteiger partial charge < -0.3 is 9.64 Å². The maximum atomic E-state index is 6.04. The molecule has 158 valence electrons. The minimum absolute atomic E-state index is 0. The molecule has 0 aliphatic rings. The third kappa shape index (κ3) is 6.91. The van der Waals surface area contributed by atoms with Crippen molar-refractivity contribution < 1.29 is 4.74 Å². The van der Waals surface area contributed by atoms with Crippen molar-refractivity contribution >= 4 is 35.7 Å². The monoisotopic (exact) mass is 441 g/mol. The standard InChI is InChI=1S/C26H28ClNO.ClH/c1-3-28(4-2)18-19-29-25-16-12-23(13-17-25)26(22-8-6-5-7-9-22)20-21-10-14-24(27)15-11-21;/h5-17,20H,3-4,18-19H2,1-2H3;1H/b26-20+;. The summed E-state index contributed by atoms with van der Waals surface area (Å²) in [6, 6.07) is 26.7. The Morgan fingerprint density at radius 1 is 0.833 bits per heavy atom. The van der Waals surface area contributed by atoms with Crippen LogP contribution < -0.4 is 4.74 Å². The van der Waals surface area contributed by atoms with Gasteiger partial charge in [0.15, 0.2) is 0 Å². The first-order valence-electron chi connectivity index (χ1n) is 10.2. The number of rotatable bonds is 9. The second kappa shape index (κ2) is 12.4. The molecule has 3 aromatic carbocycles. The molecule has 4 heteroatoms. The van der Waals surface area contributed by atoms with E-state index >= 15 is 0 Å². The van der Waals surface area contributed by atoms with Crippen molar-refractivity contribution in [3.63, 3.8) is 0 Å². The number of halogens is 2. The van der Waals surface area contributed by atoms with Crippen LogP contribution in [0, 0.1) is 0 Å². The lowest BCUT2D eigenvalue weighted by molar-refractivity contribution is 0.223. The molecule has 0 aromatic heterocycles. The minimum Gasteiger partial charge on any atom is -0.492 e. The van der Waals surface area contributed by atoms with Crippen LogP contribution in [0.1, 0.15) is 30.5 Å². The second-order valence-electron chi connectivity index (χ2n) is 6.88. The van der Waals surface area contributed by atoms with E-state index in [4.69, 9.17) is 16.3 Å². The molecule has 0 bridgehead atoms. The molecule has 3 aromatic rings. The summed E-state index contributed by atoms with van der Waals surface area (Å²) in [6.07, 6.45) is 2.20. The van der Waals surface area contributed by atoms with Gasteiger partial charge in [0, 0.05) is 11.6 Å². The van der Waals surface area contributed by atoms with Crippen molar-refractivity contribution in [2.45, 2.75) is 13.8 Å². The van der Waals surface area contributed by atoms with Crippen LogP contribution in [0.3, 0.4) is 0 Å². The number of nitrogens with zero attached hydrogens (tertiary/aromatic N) is 1. The summed E-state index contributed by atoms with van der Waals surface area (Å²) in [6.45, 7) is 8.10. The minimum atomic E-state index is 0. The predicted molar refractivity (Wildman–Crippen MR) is 132 cm³/mol. The number of likely N-dealkylation sites (N-methyl/N-ethyl adjacent to an activating group) is 1. The largest absolute Gasteiger partial charge is 0.492 e. The number of hydrogen-bond acceptors (Lipinski definition) is 2. The van der Waals surface area contributed by atoms with Crippen LogP contribution in [0.15, 0.2) is 78.9 Å². The molecule has 0 heterocycles. The normalized spacial score (nSPS) is 11.3. The second-order valence-corrected chi connectivity index (χ2v) is 7.31. The fraction of sp³-hybridized carbons (Fsp3) is 0.231. The Morgan fingerprint density at radius 2 is 1.43 bits per heavy atom. The van der Waals surface area contributed by atoms with Gasteiger partial charge in [-0.25, -0.2) is 0 Å². The van der Waals surface area contributed by atoms with E-state index in [9.17, 15) is 0 Å². The highest BCUT2D eigenvalue weighted by molar-refractivity contribution is 6.30.